The van der Waals surface area contributed by atoms with E-state index in [0.29, 0.717) is 24.5 Å². The maximum absolute atomic E-state index is 12.6. The summed E-state index contributed by atoms with van der Waals surface area (Å²) < 4.78 is 5.34. The molecule has 2 aromatic rings. The Kier molecular flexibility index (Phi) is 2.96. The number of nitrogens with one attached hydrogen (secondary N) is 1. The van der Waals surface area contributed by atoms with Gasteiger partial charge in [-0.05, 0) is 13.1 Å². The molecule has 0 fully saturated rings. The third-order valence-electron chi connectivity index (χ3n) is 3.15. The predicted octanol–water partition coefficient (Wildman–Crippen LogP) is 0.314. The number of hydrogen-bond donors (Lipinski definition) is 1. The van der Waals surface area contributed by atoms with Crippen LogP contribution < -0.4 is 10.2 Å². The second-order valence-corrected chi connectivity index (χ2v) is 4.19. The zero-order valence-corrected chi connectivity index (χ0v) is 10.4. The van der Waals surface area contributed by atoms with E-state index in [1.807, 2.05) is 0 Å². The summed E-state index contributed by atoms with van der Waals surface area (Å²) >= 11 is 0. The molecule has 1 N–H and O–H groups in total. The summed E-state index contributed by atoms with van der Waals surface area (Å²) in [4.78, 5) is 26.3. The lowest BCUT2D eigenvalue weighted by molar-refractivity contribution is -0.120. The molecular weight excluding hydrogens is 246 g/mol. The zero-order chi connectivity index (χ0) is 13.2. The van der Waals surface area contributed by atoms with Gasteiger partial charge in [0.15, 0.2) is 12.2 Å². The van der Waals surface area contributed by atoms with Crippen LogP contribution in [0.25, 0.3) is 0 Å². The standard InChI is InChI=1S/C12H13N5O2/c1-13-10-11-8(16-7-19-11)3-5-17(12(10)18)9-2-4-14-6-15-9/h2,4,6-7,10,13H,3,5H2,1H3. The van der Waals surface area contributed by atoms with E-state index >= 15 is 0 Å². The fourth-order valence-corrected chi connectivity index (χ4v) is 2.22. The molecule has 0 spiro atoms. The molecule has 3 rings (SSSR count). The molecule has 0 aromatic carbocycles. The Morgan fingerprint density at radius 3 is 3.11 bits per heavy atom. The summed E-state index contributed by atoms with van der Waals surface area (Å²) in [5.41, 5.74) is 0.809. The van der Waals surface area contributed by atoms with Crippen LogP contribution in [0.5, 0.6) is 0 Å². The molecule has 98 valence electrons. The molecule has 1 aliphatic rings. The minimum atomic E-state index is -0.532. The van der Waals surface area contributed by atoms with Gasteiger partial charge in [-0.3, -0.25) is 9.69 Å². The lowest BCUT2D eigenvalue weighted by Crippen LogP contribution is -2.39. The first-order chi connectivity index (χ1) is 9.31. The maximum Gasteiger partial charge on any atom is 0.253 e. The van der Waals surface area contributed by atoms with E-state index < -0.39 is 6.04 Å². The number of rotatable bonds is 2. The summed E-state index contributed by atoms with van der Waals surface area (Å²) in [5.74, 6) is 1.08. The van der Waals surface area contributed by atoms with Gasteiger partial charge in [0.1, 0.15) is 18.2 Å². The number of amides is 1. The highest BCUT2D eigenvalue weighted by Crippen LogP contribution is 2.26. The molecule has 2 aromatic heterocycles. The highest BCUT2D eigenvalue weighted by Gasteiger charge is 2.34. The Bertz CT molecular complexity index is 583. The largest absolute Gasteiger partial charge is 0.446 e. The van der Waals surface area contributed by atoms with Crippen molar-refractivity contribution >= 4 is 11.7 Å². The summed E-state index contributed by atoms with van der Waals surface area (Å²) in [7, 11) is 1.72. The molecular formula is C12H13N5O2. The van der Waals surface area contributed by atoms with Crippen molar-refractivity contribution in [1.29, 1.82) is 0 Å². The Hall–Kier alpha value is -2.28. The van der Waals surface area contributed by atoms with Crippen LogP contribution >= 0.6 is 0 Å². The maximum atomic E-state index is 12.6. The normalized spacial score (nSPS) is 19.1. The van der Waals surface area contributed by atoms with Gasteiger partial charge in [-0.2, -0.15) is 0 Å². The fraction of sp³-hybridized carbons (Fsp3) is 0.333. The number of likely N-dealkylation sites (N-methyl/N-ethyl adjacent to an activating group) is 1. The molecule has 0 aliphatic carbocycles. The fourth-order valence-electron chi connectivity index (χ4n) is 2.22. The number of nitrogens with zero attached hydrogens (tertiary/aromatic N) is 4. The van der Waals surface area contributed by atoms with Crippen LogP contribution in [0.1, 0.15) is 17.5 Å². The zero-order valence-electron chi connectivity index (χ0n) is 10.4. The highest BCUT2D eigenvalue weighted by molar-refractivity contribution is 5.97. The van der Waals surface area contributed by atoms with Crippen molar-refractivity contribution < 1.29 is 9.21 Å². The minimum Gasteiger partial charge on any atom is -0.446 e. The second kappa shape index (κ2) is 4.77. The molecule has 1 amide bonds. The Labute approximate surface area is 109 Å². The van der Waals surface area contributed by atoms with Crippen LogP contribution in [-0.2, 0) is 11.2 Å². The molecule has 1 aliphatic heterocycles. The number of carbonyl (C=O) groups excluding carboxylic acids is 1. The number of anilines is 1. The van der Waals surface area contributed by atoms with Gasteiger partial charge in [0.2, 0.25) is 0 Å². The van der Waals surface area contributed by atoms with E-state index in [2.05, 4.69) is 20.3 Å². The molecule has 0 bridgehead atoms. The van der Waals surface area contributed by atoms with Gasteiger partial charge in [-0.15, -0.1) is 0 Å². The molecule has 0 radical (unpaired) electrons. The first kappa shape index (κ1) is 11.8. The van der Waals surface area contributed by atoms with Gasteiger partial charge >= 0.3 is 0 Å². The van der Waals surface area contributed by atoms with Gasteiger partial charge in [-0.25, -0.2) is 15.0 Å². The summed E-state index contributed by atoms with van der Waals surface area (Å²) in [6, 6.07) is 1.18. The van der Waals surface area contributed by atoms with Gasteiger partial charge in [0.25, 0.3) is 5.91 Å². The number of fused-ring (bicyclic) bond motifs is 1. The smallest absolute Gasteiger partial charge is 0.253 e. The Morgan fingerprint density at radius 2 is 2.37 bits per heavy atom. The monoisotopic (exact) mass is 259 g/mol. The van der Waals surface area contributed by atoms with Gasteiger partial charge in [0, 0.05) is 19.2 Å². The van der Waals surface area contributed by atoms with E-state index in [1.165, 1.54) is 12.7 Å². The van der Waals surface area contributed by atoms with Crippen molar-refractivity contribution in [3.05, 3.63) is 36.4 Å². The van der Waals surface area contributed by atoms with E-state index in [1.54, 1.807) is 24.2 Å². The molecule has 1 atom stereocenters. The Morgan fingerprint density at radius 1 is 1.47 bits per heavy atom. The van der Waals surface area contributed by atoms with Crippen molar-refractivity contribution in [2.75, 3.05) is 18.5 Å². The van der Waals surface area contributed by atoms with Gasteiger partial charge in [0.05, 0.1) is 5.69 Å². The van der Waals surface area contributed by atoms with Crippen molar-refractivity contribution in [3.63, 3.8) is 0 Å². The third kappa shape index (κ3) is 1.97. The summed E-state index contributed by atoms with van der Waals surface area (Å²) in [5, 5.41) is 2.97. The molecule has 7 heteroatoms. The van der Waals surface area contributed by atoms with Crippen molar-refractivity contribution in [2.24, 2.45) is 0 Å². The summed E-state index contributed by atoms with van der Waals surface area (Å²) in [6.07, 6.45) is 5.06. The number of oxazole rings is 1. The van der Waals surface area contributed by atoms with Crippen molar-refractivity contribution in [2.45, 2.75) is 12.5 Å². The molecule has 19 heavy (non-hydrogen) atoms. The quantitative estimate of drug-likeness (QED) is 0.835. The van der Waals surface area contributed by atoms with Crippen LogP contribution in [0, 0.1) is 0 Å². The topological polar surface area (TPSA) is 84.2 Å². The Balaban J connectivity index is 1.99. The van der Waals surface area contributed by atoms with Crippen LogP contribution in [-0.4, -0.2) is 34.5 Å². The third-order valence-corrected chi connectivity index (χ3v) is 3.15. The predicted molar refractivity (Wildman–Crippen MR) is 66.4 cm³/mol. The molecule has 3 heterocycles. The lowest BCUT2D eigenvalue weighted by Gasteiger charge is -2.22. The number of aromatic nitrogens is 3. The molecule has 7 nitrogen and oxygen atoms in total. The average Bonchev–Trinajstić information content (AvgIpc) is 2.85. The number of hydrogen-bond acceptors (Lipinski definition) is 6. The number of carbonyl (C=O) groups is 1. The van der Waals surface area contributed by atoms with E-state index in [9.17, 15) is 4.79 Å². The molecule has 1 unspecified atom stereocenters. The van der Waals surface area contributed by atoms with Crippen molar-refractivity contribution in [1.82, 2.24) is 20.3 Å². The molecule has 0 saturated carbocycles. The van der Waals surface area contributed by atoms with Crippen LogP contribution in [0.2, 0.25) is 0 Å². The van der Waals surface area contributed by atoms with Crippen LogP contribution in [0.4, 0.5) is 5.82 Å². The van der Waals surface area contributed by atoms with E-state index in [-0.39, 0.29) is 5.91 Å². The highest BCUT2D eigenvalue weighted by atomic mass is 16.3. The van der Waals surface area contributed by atoms with E-state index in [4.69, 9.17) is 4.42 Å². The SMILES string of the molecule is CNC1C(=O)N(c2ccncn2)CCc2ncoc21. The first-order valence-electron chi connectivity index (χ1n) is 5.98. The minimum absolute atomic E-state index is 0.100. The average molecular weight is 259 g/mol. The first-order valence-corrected chi connectivity index (χ1v) is 5.98. The van der Waals surface area contributed by atoms with E-state index in [0.717, 1.165) is 5.69 Å². The van der Waals surface area contributed by atoms with Gasteiger partial charge < -0.3 is 9.73 Å². The summed E-state index contributed by atoms with van der Waals surface area (Å²) in [6.45, 7) is 0.521. The second-order valence-electron chi connectivity index (χ2n) is 4.19. The molecule has 0 saturated heterocycles. The van der Waals surface area contributed by atoms with Crippen LogP contribution in [0.3, 0.4) is 0 Å². The van der Waals surface area contributed by atoms with Gasteiger partial charge in [-0.1, -0.05) is 0 Å². The van der Waals surface area contributed by atoms with Crippen LogP contribution in [0.15, 0.2) is 29.4 Å². The van der Waals surface area contributed by atoms with Crippen molar-refractivity contribution in [3.8, 4) is 0 Å². The lowest BCUT2D eigenvalue weighted by atomic mass is 10.1.